The molecule has 0 radical (unpaired) electrons. The summed E-state index contributed by atoms with van der Waals surface area (Å²) in [5.74, 6) is 0. The summed E-state index contributed by atoms with van der Waals surface area (Å²) < 4.78 is 27.8. The van der Waals surface area contributed by atoms with Crippen molar-refractivity contribution in [2.24, 2.45) is 0 Å². The van der Waals surface area contributed by atoms with Crippen molar-refractivity contribution < 1.29 is 8.42 Å². The van der Waals surface area contributed by atoms with Gasteiger partial charge in [0, 0.05) is 47.8 Å². The van der Waals surface area contributed by atoms with Crippen molar-refractivity contribution >= 4 is 63.3 Å². The van der Waals surface area contributed by atoms with Crippen LogP contribution in [0.5, 0.6) is 0 Å². The van der Waals surface area contributed by atoms with Crippen LogP contribution in [0.25, 0.3) is 16.8 Å². The standard InChI is InChI=1S/C20H20ClN3O2S.2ClH/c21-18-8-6-16(7-9-18)3-2-11-22-13-14-24-27(25,26)20-5-1-4-17-15-23-12-10-19(17)20;;/h1-10,12,15,22,24H,11,13-14H2;2*1H/b3-2+;;. The lowest BCUT2D eigenvalue weighted by Crippen LogP contribution is -2.32. The molecule has 0 aliphatic rings. The molecular formula is C20H22Cl3N3O2S. The molecule has 2 aromatic carbocycles. The van der Waals surface area contributed by atoms with Gasteiger partial charge in [-0.1, -0.05) is 48.0 Å². The number of nitrogens with one attached hydrogen (secondary N) is 2. The van der Waals surface area contributed by atoms with E-state index in [2.05, 4.69) is 15.0 Å². The Labute approximate surface area is 188 Å². The van der Waals surface area contributed by atoms with Crippen molar-refractivity contribution in [3.05, 3.63) is 77.6 Å². The van der Waals surface area contributed by atoms with Gasteiger partial charge in [0.05, 0.1) is 4.90 Å². The second-order valence-corrected chi connectivity index (χ2v) is 8.08. The molecule has 5 nitrogen and oxygen atoms in total. The highest BCUT2D eigenvalue weighted by atomic mass is 35.5. The van der Waals surface area contributed by atoms with Crippen LogP contribution in [0.1, 0.15) is 5.56 Å². The second-order valence-electron chi connectivity index (χ2n) is 5.91. The molecule has 1 aromatic heterocycles. The van der Waals surface area contributed by atoms with E-state index in [0.717, 1.165) is 10.9 Å². The first-order valence-corrected chi connectivity index (χ1v) is 10.4. The van der Waals surface area contributed by atoms with Gasteiger partial charge in [-0.3, -0.25) is 4.98 Å². The van der Waals surface area contributed by atoms with Crippen LogP contribution >= 0.6 is 36.4 Å². The second kappa shape index (κ2) is 12.1. The van der Waals surface area contributed by atoms with Crippen LogP contribution in [0.2, 0.25) is 5.02 Å². The summed E-state index contributed by atoms with van der Waals surface area (Å²) in [6.45, 7) is 1.47. The van der Waals surface area contributed by atoms with Crippen LogP contribution in [-0.4, -0.2) is 33.0 Å². The highest BCUT2D eigenvalue weighted by molar-refractivity contribution is 7.89. The van der Waals surface area contributed by atoms with Crippen LogP contribution in [0.15, 0.2) is 71.9 Å². The largest absolute Gasteiger partial charge is 0.312 e. The highest BCUT2D eigenvalue weighted by Crippen LogP contribution is 2.21. The molecule has 0 atom stereocenters. The average Bonchev–Trinajstić information content (AvgIpc) is 2.68. The van der Waals surface area contributed by atoms with Crippen molar-refractivity contribution in [3.8, 4) is 0 Å². The molecule has 156 valence electrons. The topological polar surface area (TPSA) is 71.1 Å². The molecule has 9 heteroatoms. The monoisotopic (exact) mass is 473 g/mol. The van der Waals surface area contributed by atoms with E-state index in [4.69, 9.17) is 11.6 Å². The van der Waals surface area contributed by atoms with Gasteiger partial charge < -0.3 is 5.32 Å². The fourth-order valence-electron chi connectivity index (χ4n) is 2.63. The lowest BCUT2D eigenvalue weighted by Gasteiger charge is -2.09. The number of sulfonamides is 1. The molecule has 29 heavy (non-hydrogen) atoms. The van der Waals surface area contributed by atoms with Crippen LogP contribution in [0, 0.1) is 0 Å². The van der Waals surface area contributed by atoms with Crippen LogP contribution in [0.4, 0.5) is 0 Å². The molecule has 0 fully saturated rings. The maximum Gasteiger partial charge on any atom is 0.241 e. The van der Waals surface area contributed by atoms with Gasteiger partial charge in [-0.05, 0) is 29.8 Å². The number of benzene rings is 2. The van der Waals surface area contributed by atoms with E-state index in [1.54, 1.807) is 30.6 Å². The molecule has 0 amide bonds. The van der Waals surface area contributed by atoms with Gasteiger partial charge in [0.25, 0.3) is 0 Å². The van der Waals surface area contributed by atoms with Crippen molar-refractivity contribution in [2.45, 2.75) is 4.90 Å². The Bertz CT molecular complexity index is 1040. The van der Waals surface area contributed by atoms with Crippen LogP contribution < -0.4 is 10.0 Å². The van der Waals surface area contributed by atoms with Gasteiger partial charge in [-0.2, -0.15) is 0 Å². The van der Waals surface area contributed by atoms with E-state index in [-0.39, 0.29) is 29.7 Å². The van der Waals surface area contributed by atoms with Gasteiger partial charge in [0.2, 0.25) is 10.0 Å². The minimum atomic E-state index is -3.57. The first-order valence-electron chi connectivity index (χ1n) is 8.51. The summed E-state index contributed by atoms with van der Waals surface area (Å²) in [5.41, 5.74) is 1.06. The first kappa shape index (κ1) is 25.4. The van der Waals surface area contributed by atoms with E-state index >= 15 is 0 Å². The van der Waals surface area contributed by atoms with E-state index < -0.39 is 10.0 Å². The zero-order valence-electron chi connectivity index (χ0n) is 15.4. The lowest BCUT2D eigenvalue weighted by molar-refractivity contribution is 0.579. The van der Waals surface area contributed by atoms with E-state index in [0.29, 0.717) is 30.0 Å². The molecule has 3 aromatic rings. The highest BCUT2D eigenvalue weighted by Gasteiger charge is 2.16. The van der Waals surface area contributed by atoms with Crippen molar-refractivity contribution in [2.75, 3.05) is 19.6 Å². The lowest BCUT2D eigenvalue weighted by atomic mass is 10.2. The van der Waals surface area contributed by atoms with Gasteiger partial charge in [-0.25, -0.2) is 13.1 Å². The SMILES string of the molecule is Cl.Cl.O=S(=O)(NCCNC/C=C/c1ccc(Cl)cc1)c1cccc2cnccc12. The smallest absolute Gasteiger partial charge is 0.241 e. The molecule has 0 unspecified atom stereocenters. The summed E-state index contributed by atoms with van der Waals surface area (Å²) in [4.78, 5) is 4.30. The molecular weight excluding hydrogens is 453 g/mol. The number of pyridine rings is 1. The molecule has 1 heterocycles. The van der Waals surface area contributed by atoms with E-state index in [1.165, 1.54) is 0 Å². The molecule has 0 saturated heterocycles. The minimum absolute atomic E-state index is 0. The van der Waals surface area contributed by atoms with Gasteiger partial charge in [-0.15, -0.1) is 24.8 Å². The number of nitrogens with zero attached hydrogens (tertiary/aromatic N) is 1. The number of halogens is 3. The Hall–Kier alpha value is -1.67. The first-order chi connectivity index (χ1) is 13.1. The summed E-state index contributed by atoms with van der Waals surface area (Å²) in [5, 5.41) is 5.35. The Kier molecular flexibility index (Phi) is 10.6. The molecule has 2 N–H and O–H groups in total. The number of aromatic nitrogens is 1. The molecule has 0 bridgehead atoms. The summed E-state index contributed by atoms with van der Waals surface area (Å²) in [6.07, 6.45) is 7.21. The molecule has 0 aliphatic heterocycles. The predicted molar refractivity (Wildman–Crippen MR) is 125 cm³/mol. The van der Waals surface area contributed by atoms with E-state index in [9.17, 15) is 8.42 Å². The van der Waals surface area contributed by atoms with Gasteiger partial charge >= 0.3 is 0 Å². The fourth-order valence-corrected chi connectivity index (χ4v) is 4.02. The van der Waals surface area contributed by atoms with E-state index in [1.807, 2.05) is 42.5 Å². The number of hydrogen-bond donors (Lipinski definition) is 2. The van der Waals surface area contributed by atoms with Crippen LogP contribution in [0.3, 0.4) is 0 Å². The summed E-state index contributed by atoms with van der Waals surface area (Å²) in [6, 6.07) is 14.4. The molecule has 0 saturated carbocycles. The van der Waals surface area contributed by atoms with Crippen molar-refractivity contribution in [3.63, 3.8) is 0 Å². The summed E-state index contributed by atoms with van der Waals surface area (Å²) >= 11 is 5.85. The number of hydrogen-bond acceptors (Lipinski definition) is 4. The minimum Gasteiger partial charge on any atom is -0.312 e. The van der Waals surface area contributed by atoms with Crippen molar-refractivity contribution in [1.82, 2.24) is 15.0 Å². The van der Waals surface area contributed by atoms with Crippen LogP contribution in [-0.2, 0) is 10.0 Å². The third-order valence-electron chi connectivity index (χ3n) is 3.97. The Morgan fingerprint density at radius 3 is 2.52 bits per heavy atom. The molecule has 0 aliphatic carbocycles. The van der Waals surface area contributed by atoms with Gasteiger partial charge in [0.15, 0.2) is 0 Å². The third kappa shape index (κ3) is 7.26. The predicted octanol–water partition coefficient (Wildman–Crippen LogP) is 4.31. The zero-order valence-corrected chi connectivity index (χ0v) is 18.6. The number of fused-ring (bicyclic) bond motifs is 1. The maximum atomic E-state index is 12.6. The Morgan fingerprint density at radius 1 is 1.00 bits per heavy atom. The normalized spacial score (nSPS) is 11.2. The average molecular weight is 475 g/mol. The number of rotatable bonds is 8. The molecule has 3 rings (SSSR count). The quantitative estimate of drug-likeness (QED) is 0.477. The molecule has 0 spiro atoms. The van der Waals surface area contributed by atoms with Crippen molar-refractivity contribution in [1.29, 1.82) is 0 Å². The third-order valence-corrected chi connectivity index (χ3v) is 5.74. The Balaban J connectivity index is 0.00000210. The van der Waals surface area contributed by atoms with Gasteiger partial charge in [0.1, 0.15) is 0 Å². The summed E-state index contributed by atoms with van der Waals surface area (Å²) in [7, 11) is -3.57. The fraction of sp³-hybridized carbons (Fsp3) is 0.150. The maximum absolute atomic E-state index is 12.6. The zero-order chi connectivity index (χ0) is 19.1. The Morgan fingerprint density at radius 2 is 1.76 bits per heavy atom.